The Morgan fingerprint density at radius 2 is 0.753 bits per heavy atom. The van der Waals surface area contributed by atoms with Gasteiger partial charge in [-0.25, -0.2) is 0 Å². The van der Waals surface area contributed by atoms with Crippen molar-refractivity contribution in [2.45, 2.75) is 327 Å². The SMILES string of the molecule is CC.CC.CC(C)C1CCN(C(C)C)C1.CC(C)C1CCN(C(C)C)CC1.CC(C)CCN(C)C(C)C.CC(C)CCNC(C)C.CC(C)NC1CCC(C(C)C)CC1.CCN1CCCC(C(C)C)C1.CCN1CCC[C@@H](C(C)C)C1. The fourth-order valence-corrected chi connectivity index (χ4v) is 11.6. The lowest BCUT2D eigenvalue weighted by atomic mass is 9.79. The van der Waals surface area contributed by atoms with Gasteiger partial charge in [-0.05, 0) is 262 Å². The van der Waals surface area contributed by atoms with E-state index in [2.05, 4.69) is 222 Å². The summed E-state index contributed by atoms with van der Waals surface area (Å²) in [6.45, 7) is 83.1. The summed E-state index contributed by atoms with van der Waals surface area (Å²) >= 11 is 0. The van der Waals surface area contributed by atoms with E-state index in [9.17, 15) is 0 Å². The van der Waals surface area contributed by atoms with Crippen molar-refractivity contribution in [1.29, 1.82) is 0 Å². The molecule has 0 aromatic rings. The summed E-state index contributed by atoms with van der Waals surface area (Å²) in [5, 5.41) is 7.02. The zero-order valence-corrected chi connectivity index (χ0v) is 62.3. The van der Waals surface area contributed by atoms with Crippen LogP contribution < -0.4 is 10.6 Å². The molecule has 5 aliphatic rings. The van der Waals surface area contributed by atoms with E-state index in [0.29, 0.717) is 18.1 Å². The van der Waals surface area contributed by atoms with Crippen LogP contribution in [0.5, 0.6) is 0 Å². The van der Waals surface area contributed by atoms with E-state index in [1.54, 1.807) is 0 Å². The van der Waals surface area contributed by atoms with Gasteiger partial charge in [0.1, 0.15) is 0 Å². The minimum Gasteiger partial charge on any atom is -0.315 e. The van der Waals surface area contributed by atoms with E-state index in [1.165, 1.54) is 155 Å². The van der Waals surface area contributed by atoms with E-state index in [1.807, 2.05) is 27.7 Å². The Kier molecular flexibility index (Phi) is 58.0. The van der Waals surface area contributed by atoms with Crippen molar-refractivity contribution >= 4 is 0 Å². The first-order chi connectivity index (χ1) is 37.9. The van der Waals surface area contributed by atoms with Gasteiger partial charge >= 0.3 is 0 Å². The Balaban J connectivity index is -0.000000423. The normalized spacial score (nSPS) is 22.3. The summed E-state index contributed by atoms with van der Waals surface area (Å²) in [5.74, 6) is 10.9. The molecular formula is C74H163N7. The molecule has 2 unspecified atom stereocenters. The molecule has 3 atom stereocenters. The van der Waals surface area contributed by atoms with Crippen LogP contribution in [0.2, 0.25) is 0 Å². The van der Waals surface area contributed by atoms with Crippen LogP contribution in [0.25, 0.3) is 0 Å². The topological polar surface area (TPSA) is 40.3 Å². The second-order valence-corrected chi connectivity index (χ2v) is 29.4. The van der Waals surface area contributed by atoms with E-state index in [-0.39, 0.29) is 0 Å². The number of nitrogens with one attached hydrogen (secondary N) is 2. The second kappa shape index (κ2) is 53.9. The second-order valence-electron chi connectivity index (χ2n) is 29.4. The monoisotopic (exact) mass is 1150 g/mol. The summed E-state index contributed by atoms with van der Waals surface area (Å²) in [6, 6.07) is 4.29. The Hall–Kier alpha value is -0.280. The molecule has 4 saturated heterocycles. The fraction of sp³-hybridized carbons (Fsp3) is 1.00. The lowest BCUT2D eigenvalue weighted by Crippen LogP contribution is -2.39. The number of rotatable bonds is 19. The van der Waals surface area contributed by atoms with Gasteiger partial charge in [-0.15, -0.1) is 0 Å². The quantitative estimate of drug-likeness (QED) is 0.134. The lowest BCUT2D eigenvalue weighted by molar-refractivity contribution is 0.129. The first-order valence-electron chi connectivity index (χ1n) is 36.1. The summed E-state index contributed by atoms with van der Waals surface area (Å²) in [5.41, 5.74) is 0. The molecule has 5 rings (SSSR count). The molecule has 2 N–H and O–H groups in total. The van der Waals surface area contributed by atoms with Gasteiger partial charge in [0.2, 0.25) is 0 Å². The fourth-order valence-electron chi connectivity index (χ4n) is 11.6. The Labute approximate surface area is 516 Å². The van der Waals surface area contributed by atoms with Crippen molar-refractivity contribution in [2.24, 2.45) is 71.0 Å². The van der Waals surface area contributed by atoms with Crippen LogP contribution in [0.1, 0.15) is 291 Å². The molecule has 0 bridgehead atoms. The maximum Gasteiger partial charge on any atom is 0.00696 e. The smallest absolute Gasteiger partial charge is 0.00696 e. The van der Waals surface area contributed by atoms with Crippen molar-refractivity contribution in [3.63, 3.8) is 0 Å². The molecule has 0 aromatic heterocycles. The molecule has 0 radical (unpaired) electrons. The van der Waals surface area contributed by atoms with Crippen LogP contribution in [-0.2, 0) is 0 Å². The third kappa shape index (κ3) is 48.4. The van der Waals surface area contributed by atoms with Gasteiger partial charge in [0.15, 0.2) is 0 Å². The average molecular weight is 1150 g/mol. The number of hydrogen-bond donors (Lipinski definition) is 2. The average Bonchev–Trinajstić information content (AvgIpc) is 3.94. The standard InChI is InChI=1S/C12H25N.C11H23N.3C10H21N.C9H21N.C8H19N.2C2H6/c1-9(2)11-5-7-12(8-6-11)13-10(3)4;1-9(2)11-5-7-12(8-6-11)10(3)4;1-8(2)10-5-6-11(7-10)9(3)4;2*1-4-11-7-5-6-10(8-11)9(2)3;1-8(2)6-7-10(5)9(3)4;1-7(2)5-6-9-8(3)4;2*1-2/h9-13H,5-8H2,1-4H3;9-11H,5-8H2,1-4H3;8-10H,5-7H2,1-4H3;2*9-10H,4-8H2,1-3H3;8-9H,6-7H2,1-5H3;7-9H,5-6H2,1-4H3;2*1-2H3/t;;;10-;;;;;/m...1...../s1. The minimum atomic E-state index is 0.642. The molecule has 81 heavy (non-hydrogen) atoms. The van der Waals surface area contributed by atoms with Gasteiger partial charge in [0.25, 0.3) is 0 Å². The van der Waals surface area contributed by atoms with Gasteiger partial charge in [0.05, 0.1) is 0 Å². The zero-order valence-electron chi connectivity index (χ0n) is 62.3. The largest absolute Gasteiger partial charge is 0.315 e. The van der Waals surface area contributed by atoms with Gasteiger partial charge in [-0.1, -0.05) is 166 Å². The van der Waals surface area contributed by atoms with E-state index >= 15 is 0 Å². The third-order valence-electron chi connectivity index (χ3n) is 18.5. The van der Waals surface area contributed by atoms with E-state index in [4.69, 9.17) is 0 Å². The molecule has 0 amide bonds. The van der Waals surface area contributed by atoms with E-state index < -0.39 is 0 Å². The predicted octanol–water partition coefficient (Wildman–Crippen LogP) is 19.5. The van der Waals surface area contributed by atoms with Gasteiger partial charge in [-0.2, -0.15) is 0 Å². The molecule has 7 nitrogen and oxygen atoms in total. The van der Waals surface area contributed by atoms with Crippen LogP contribution in [0.3, 0.4) is 0 Å². The maximum absolute atomic E-state index is 3.64. The van der Waals surface area contributed by atoms with Gasteiger partial charge < -0.3 is 35.1 Å². The molecule has 4 aliphatic heterocycles. The summed E-state index contributed by atoms with van der Waals surface area (Å²) in [6.07, 6.45) is 18.2. The number of piperidine rings is 3. The van der Waals surface area contributed by atoms with Crippen molar-refractivity contribution in [3.05, 3.63) is 0 Å². The molecule has 5 fully saturated rings. The minimum absolute atomic E-state index is 0.642. The molecule has 1 aliphatic carbocycles. The van der Waals surface area contributed by atoms with Crippen molar-refractivity contribution in [2.75, 3.05) is 85.6 Å². The number of nitrogens with zero attached hydrogens (tertiary/aromatic N) is 5. The van der Waals surface area contributed by atoms with Crippen LogP contribution in [0.4, 0.5) is 0 Å². The molecule has 7 heteroatoms. The van der Waals surface area contributed by atoms with Crippen LogP contribution in [0.15, 0.2) is 0 Å². The summed E-state index contributed by atoms with van der Waals surface area (Å²) < 4.78 is 0. The van der Waals surface area contributed by atoms with Gasteiger partial charge in [0, 0.05) is 55.9 Å². The molecule has 0 aromatic carbocycles. The lowest BCUT2D eigenvalue weighted by Gasteiger charge is -2.36. The van der Waals surface area contributed by atoms with Crippen molar-refractivity contribution < 1.29 is 0 Å². The molecule has 494 valence electrons. The molecule has 1 saturated carbocycles. The van der Waals surface area contributed by atoms with Crippen molar-refractivity contribution in [3.8, 4) is 0 Å². The molecule has 0 spiro atoms. The van der Waals surface area contributed by atoms with Gasteiger partial charge in [-0.3, -0.25) is 0 Å². The Bertz CT molecular complexity index is 1190. The maximum atomic E-state index is 3.64. The van der Waals surface area contributed by atoms with Crippen LogP contribution in [-0.4, -0.2) is 146 Å². The van der Waals surface area contributed by atoms with Crippen LogP contribution >= 0.6 is 0 Å². The zero-order chi connectivity index (χ0) is 63.4. The number of hydrogen-bond acceptors (Lipinski definition) is 7. The summed E-state index contributed by atoms with van der Waals surface area (Å²) in [4.78, 5) is 12.7. The first kappa shape index (κ1) is 87.2. The highest BCUT2D eigenvalue weighted by Gasteiger charge is 2.27. The van der Waals surface area contributed by atoms with E-state index in [0.717, 1.165) is 95.7 Å². The highest BCUT2D eigenvalue weighted by Crippen LogP contribution is 2.30. The van der Waals surface area contributed by atoms with Crippen molar-refractivity contribution in [1.82, 2.24) is 35.1 Å². The molecular weight excluding hydrogens is 987 g/mol. The predicted molar refractivity (Wildman–Crippen MR) is 375 cm³/mol. The van der Waals surface area contributed by atoms with Crippen LogP contribution in [0, 0.1) is 71.0 Å². The molecule has 4 heterocycles. The highest BCUT2D eigenvalue weighted by molar-refractivity contribution is 4.81. The highest BCUT2D eigenvalue weighted by atomic mass is 15.2. The first-order valence-corrected chi connectivity index (χ1v) is 36.1. The Morgan fingerprint density at radius 1 is 0.395 bits per heavy atom. The third-order valence-corrected chi connectivity index (χ3v) is 18.5. The number of likely N-dealkylation sites (tertiary alicyclic amines) is 4. The Morgan fingerprint density at radius 3 is 1.05 bits per heavy atom. The summed E-state index contributed by atoms with van der Waals surface area (Å²) in [7, 11) is 2.19.